The van der Waals surface area contributed by atoms with Crippen LogP contribution in [-0.2, 0) is 0 Å². The van der Waals surface area contributed by atoms with E-state index in [0.29, 0.717) is 5.92 Å². The maximum Gasteiger partial charge on any atom is 0.0434 e. The first-order valence-electron chi connectivity index (χ1n) is 14.9. The lowest BCUT2D eigenvalue weighted by Crippen LogP contribution is -2.34. The summed E-state index contributed by atoms with van der Waals surface area (Å²) in [5.41, 5.74) is 7.82. The Morgan fingerprint density at radius 1 is 0.947 bits per heavy atom. The van der Waals surface area contributed by atoms with E-state index in [0.717, 1.165) is 30.7 Å². The second-order valence-corrected chi connectivity index (χ2v) is 12.1. The lowest BCUT2D eigenvalue weighted by molar-refractivity contribution is 0.203. The number of piperidine rings is 1. The molecule has 1 saturated heterocycles. The van der Waals surface area contributed by atoms with E-state index in [4.69, 9.17) is 0 Å². The van der Waals surface area contributed by atoms with Crippen LogP contribution in [-0.4, -0.2) is 47.5 Å². The minimum absolute atomic E-state index is 0.200. The number of likely N-dealkylation sites (tertiary alicyclic amines) is 1. The van der Waals surface area contributed by atoms with Crippen molar-refractivity contribution in [3.8, 4) is 0 Å². The first-order chi connectivity index (χ1) is 18.7. The minimum Gasteiger partial charge on any atom is -0.396 e. The van der Waals surface area contributed by atoms with Crippen LogP contribution in [0.5, 0.6) is 0 Å². The number of rotatable bonds is 14. The third kappa shape index (κ3) is 8.32. The second-order valence-electron chi connectivity index (χ2n) is 10.9. The maximum absolute atomic E-state index is 9.73. The zero-order valence-electron chi connectivity index (χ0n) is 23.8. The molecule has 1 aliphatic heterocycles. The monoisotopic (exact) mass is 532 g/mol. The maximum atomic E-state index is 9.73. The summed E-state index contributed by atoms with van der Waals surface area (Å²) in [6, 6.07) is 10.3. The van der Waals surface area contributed by atoms with Gasteiger partial charge in [0, 0.05) is 24.4 Å². The fourth-order valence-corrected chi connectivity index (χ4v) is 6.40. The van der Waals surface area contributed by atoms with Crippen LogP contribution in [0.2, 0.25) is 0 Å². The highest BCUT2D eigenvalue weighted by Crippen LogP contribution is 2.38. The van der Waals surface area contributed by atoms with Gasteiger partial charge in [-0.25, -0.2) is 0 Å². The van der Waals surface area contributed by atoms with Gasteiger partial charge in [-0.05, 0) is 125 Å². The molecular formula is C34H48N2OS. The smallest absolute Gasteiger partial charge is 0.0434 e. The van der Waals surface area contributed by atoms with Crippen molar-refractivity contribution in [1.29, 1.82) is 0 Å². The average molecular weight is 533 g/mol. The van der Waals surface area contributed by atoms with Crippen molar-refractivity contribution >= 4 is 17.5 Å². The highest BCUT2D eigenvalue weighted by Gasteiger charge is 2.32. The standard InChI is InChI=1S/C34H48N2OS/c1-4-9-26(5-2)33(11-8-25-37)34(27(6-3)10-7-22-35-38-32-18-19-32)30-14-12-28(13-15-30)29-20-23-36(24-21-29)31-16-17-31/h4-7,9-10,12-15,29,31-32,35,37H,8,11,16-25H2,1-3H3/b9-4-,10-7-,26-5+,27-6+,34-33-. The summed E-state index contributed by atoms with van der Waals surface area (Å²) in [4.78, 5) is 2.71. The van der Waals surface area contributed by atoms with Gasteiger partial charge in [-0.1, -0.05) is 72.7 Å². The topological polar surface area (TPSA) is 35.5 Å². The van der Waals surface area contributed by atoms with E-state index in [1.54, 1.807) is 0 Å². The molecule has 2 aliphatic carbocycles. The Bertz CT molecular complexity index is 1030. The molecule has 4 rings (SSSR count). The lowest BCUT2D eigenvalue weighted by Gasteiger charge is -2.32. The highest BCUT2D eigenvalue weighted by atomic mass is 32.2. The molecule has 0 amide bonds. The molecule has 3 aliphatic rings. The van der Waals surface area contributed by atoms with Gasteiger partial charge in [-0.3, -0.25) is 4.72 Å². The quantitative estimate of drug-likeness (QED) is 0.145. The van der Waals surface area contributed by atoms with Gasteiger partial charge in [0.05, 0.1) is 0 Å². The molecule has 0 radical (unpaired) electrons. The number of benzene rings is 1. The SMILES string of the molecule is C\C=C/C(=C\C)C(/CCCO)=C(C(/C=C\CNSC1CC1)=C/C)\c1ccc(C2CCN(C3CC3)CC2)cc1. The molecule has 2 N–H and O–H groups in total. The van der Waals surface area contributed by atoms with Gasteiger partial charge in [-0.2, -0.15) is 0 Å². The predicted molar refractivity (Wildman–Crippen MR) is 166 cm³/mol. The summed E-state index contributed by atoms with van der Waals surface area (Å²) in [6.07, 6.45) is 23.0. The molecule has 1 aromatic rings. The second kappa shape index (κ2) is 15.1. The van der Waals surface area contributed by atoms with Gasteiger partial charge in [0.25, 0.3) is 0 Å². The van der Waals surface area contributed by atoms with Crippen LogP contribution in [0.15, 0.2) is 77.4 Å². The lowest BCUT2D eigenvalue weighted by atomic mass is 9.84. The van der Waals surface area contributed by atoms with Crippen molar-refractivity contribution in [2.24, 2.45) is 0 Å². The molecular weight excluding hydrogens is 484 g/mol. The van der Waals surface area contributed by atoms with Crippen LogP contribution in [0.4, 0.5) is 0 Å². The summed E-state index contributed by atoms with van der Waals surface area (Å²) >= 11 is 1.88. The average Bonchev–Trinajstić information content (AvgIpc) is 3.88. The van der Waals surface area contributed by atoms with E-state index in [-0.39, 0.29) is 6.61 Å². The number of allylic oxidation sites excluding steroid dienone is 9. The van der Waals surface area contributed by atoms with Gasteiger partial charge in [0.2, 0.25) is 0 Å². The van der Waals surface area contributed by atoms with E-state index in [9.17, 15) is 5.11 Å². The van der Waals surface area contributed by atoms with E-state index in [1.807, 2.05) is 11.9 Å². The summed E-state index contributed by atoms with van der Waals surface area (Å²) in [7, 11) is 0. The van der Waals surface area contributed by atoms with Crippen molar-refractivity contribution in [3.05, 3.63) is 88.6 Å². The van der Waals surface area contributed by atoms with Gasteiger partial charge in [0.15, 0.2) is 0 Å². The summed E-state index contributed by atoms with van der Waals surface area (Å²) < 4.78 is 3.51. The molecule has 0 atom stereocenters. The fraction of sp³-hybridized carbons (Fsp3) is 0.529. The van der Waals surface area contributed by atoms with Crippen molar-refractivity contribution in [1.82, 2.24) is 9.62 Å². The third-order valence-corrected chi connectivity index (χ3v) is 9.17. The molecule has 3 nitrogen and oxygen atoms in total. The van der Waals surface area contributed by atoms with Gasteiger partial charge < -0.3 is 10.0 Å². The number of hydrogen-bond acceptors (Lipinski definition) is 4. The summed E-state index contributed by atoms with van der Waals surface area (Å²) in [6.45, 7) is 9.91. The molecule has 4 heteroatoms. The Labute approximate surface area is 236 Å². The van der Waals surface area contributed by atoms with Gasteiger partial charge in [0.1, 0.15) is 0 Å². The Hall–Kier alpha value is -1.85. The van der Waals surface area contributed by atoms with E-state index >= 15 is 0 Å². The third-order valence-electron chi connectivity index (χ3n) is 8.03. The molecule has 2 saturated carbocycles. The summed E-state index contributed by atoms with van der Waals surface area (Å²) in [5.74, 6) is 0.672. The highest BCUT2D eigenvalue weighted by molar-refractivity contribution is 7.98. The molecule has 206 valence electrons. The van der Waals surface area contributed by atoms with Crippen LogP contribution in [0.3, 0.4) is 0 Å². The van der Waals surface area contributed by atoms with Crippen LogP contribution >= 0.6 is 11.9 Å². The van der Waals surface area contributed by atoms with Crippen LogP contribution in [0.1, 0.15) is 89.2 Å². The van der Waals surface area contributed by atoms with Gasteiger partial charge in [-0.15, -0.1) is 0 Å². The molecule has 38 heavy (non-hydrogen) atoms. The number of nitrogens with one attached hydrogen (secondary N) is 1. The number of nitrogens with zero attached hydrogens (tertiary/aromatic N) is 1. The first-order valence-corrected chi connectivity index (χ1v) is 15.8. The minimum atomic E-state index is 0.200. The molecule has 1 aromatic carbocycles. The molecule has 3 fully saturated rings. The molecule has 1 heterocycles. The Balaban J connectivity index is 1.61. The van der Waals surface area contributed by atoms with Crippen molar-refractivity contribution in [2.75, 3.05) is 26.2 Å². The normalized spacial score (nSPS) is 21.1. The van der Waals surface area contributed by atoms with Crippen LogP contribution in [0.25, 0.3) is 5.57 Å². The van der Waals surface area contributed by atoms with Crippen LogP contribution < -0.4 is 4.72 Å². The zero-order chi connectivity index (χ0) is 26.7. The first kappa shape index (κ1) is 29.1. The van der Waals surface area contributed by atoms with Crippen LogP contribution in [0, 0.1) is 0 Å². The molecule has 0 bridgehead atoms. The Morgan fingerprint density at radius 2 is 1.66 bits per heavy atom. The number of hydrogen-bond donors (Lipinski definition) is 2. The fourth-order valence-electron chi connectivity index (χ4n) is 5.60. The van der Waals surface area contributed by atoms with Crippen molar-refractivity contribution in [2.45, 2.75) is 89.3 Å². The van der Waals surface area contributed by atoms with E-state index in [2.05, 4.69) is 91.1 Å². The zero-order valence-corrected chi connectivity index (χ0v) is 24.6. The Kier molecular flexibility index (Phi) is 11.6. The van der Waals surface area contributed by atoms with Crippen molar-refractivity contribution < 1.29 is 5.11 Å². The Morgan fingerprint density at radius 3 is 2.24 bits per heavy atom. The van der Waals surface area contributed by atoms with E-state index < -0.39 is 0 Å². The molecule has 0 spiro atoms. The largest absolute Gasteiger partial charge is 0.396 e. The number of aliphatic hydroxyl groups excluding tert-OH is 1. The van der Waals surface area contributed by atoms with Gasteiger partial charge >= 0.3 is 0 Å². The molecule has 0 aromatic heterocycles. The summed E-state index contributed by atoms with van der Waals surface area (Å²) in [5, 5.41) is 10.5. The molecule has 0 unspecified atom stereocenters. The predicted octanol–water partition coefficient (Wildman–Crippen LogP) is 7.98. The number of aliphatic hydroxyl groups is 1. The van der Waals surface area contributed by atoms with E-state index in [1.165, 1.54) is 85.0 Å². The van der Waals surface area contributed by atoms with Crippen molar-refractivity contribution in [3.63, 3.8) is 0 Å².